The Bertz CT molecular complexity index is 1630. The van der Waals surface area contributed by atoms with E-state index in [0.717, 1.165) is 27.8 Å². The molecule has 0 N–H and O–H groups in total. The van der Waals surface area contributed by atoms with Crippen LogP contribution < -0.4 is 23.7 Å². The lowest BCUT2D eigenvalue weighted by molar-refractivity contribution is -0.131. The third kappa shape index (κ3) is 4.62. The van der Waals surface area contributed by atoms with Crippen LogP contribution >= 0.6 is 0 Å². The van der Waals surface area contributed by atoms with Crippen molar-refractivity contribution in [2.45, 2.75) is 26.7 Å². The Kier molecular flexibility index (Phi) is 7.40. The number of hydrogen-bond donors (Lipinski definition) is 0. The van der Waals surface area contributed by atoms with E-state index in [2.05, 4.69) is 0 Å². The minimum Gasteiger partial charge on any atom is -0.497 e. The van der Waals surface area contributed by atoms with E-state index in [0.29, 0.717) is 57.9 Å². The Hall–Kier alpha value is -4.50. The van der Waals surface area contributed by atoms with Crippen LogP contribution in [0.15, 0.2) is 42.5 Å². The molecule has 4 aromatic carbocycles. The number of nitrogens with zero attached hydrogens (tertiary/aromatic N) is 1. The van der Waals surface area contributed by atoms with Gasteiger partial charge in [0.05, 0.1) is 52.6 Å². The van der Waals surface area contributed by atoms with E-state index in [4.69, 9.17) is 28.4 Å². The first-order chi connectivity index (χ1) is 19.3. The Balaban J connectivity index is 1.69. The summed E-state index contributed by atoms with van der Waals surface area (Å²) in [6, 6.07) is 13.2. The van der Waals surface area contributed by atoms with Crippen LogP contribution in [-0.2, 0) is 29.3 Å². The molecule has 0 aromatic heterocycles. The first-order valence-corrected chi connectivity index (χ1v) is 12.7. The van der Waals surface area contributed by atoms with Crippen LogP contribution in [0.5, 0.6) is 28.7 Å². The molecule has 5 rings (SSSR count). The number of rotatable bonds is 9. The van der Waals surface area contributed by atoms with Gasteiger partial charge in [-0.05, 0) is 46.8 Å². The molecule has 0 atom stereocenters. The monoisotopic (exact) mass is 545 g/mol. The van der Waals surface area contributed by atoms with E-state index >= 15 is 0 Å². The van der Waals surface area contributed by atoms with Crippen LogP contribution in [0, 0.1) is 0 Å². The highest BCUT2D eigenvalue weighted by Gasteiger charge is 2.33. The van der Waals surface area contributed by atoms with Gasteiger partial charge in [0, 0.05) is 36.9 Å². The lowest BCUT2D eigenvalue weighted by atomic mass is 9.93. The van der Waals surface area contributed by atoms with Gasteiger partial charge in [0.2, 0.25) is 0 Å². The summed E-state index contributed by atoms with van der Waals surface area (Å²) in [6.45, 7) is 2.32. The number of amides is 1. The Morgan fingerprint density at radius 2 is 1.57 bits per heavy atom. The maximum atomic E-state index is 13.0. The molecule has 1 heterocycles. The van der Waals surface area contributed by atoms with E-state index < -0.39 is 5.97 Å². The van der Waals surface area contributed by atoms with E-state index in [1.807, 2.05) is 36.4 Å². The van der Waals surface area contributed by atoms with Crippen molar-refractivity contribution >= 4 is 33.4 Å². The summed E-state index contributed by atoms with van der Waals surface area (Å²) in [5.41, 5.74) is 2.94. The SMILES string of the molecule is COc1ccc(COCc2cc(OC)c3c(OC(C)=O)c4c5c(c(OC)cc4cc3c2OC)C(=O)N(C)C5)cc1. The zero-order valence-electron chi connectivity index (χ0n) is 23.4. The average molecular weight is 546 g/mol. The number of esters is 1. The number of fused-ring (bicyclic) bond motifs is 4. The first-order valence-electron chi connectivity index (χ1n) is 12.7. The van der Waals surface area contributed by atoms with Crippen molar-refractivity contribution < 1.29 is 38.0 Å². The molecular weight excluding hydrogens is 514 g/mol. The van der Waals surface area contributed by atoms with E-state index in [1.165, 1.54) is 14.0 Å². The molecule has 9 nitrogen and oxygen atoms in total. The van der Waals surface area contributed by atoms with Crippen molar-refractivity contribution in [3.05, 3.63) is 64.7 Å². The van der Waals surface area contributed by atoms with Crippen LogP contribution in [0.1, 0.15) is 34.0 Å². The number of hydrogen-bond acceptors (Lipinski definition) is 8. The fraction of sp³-hybridized carbons (Fsp3) is 0.290. The molecular formula is C31H31NO8. The fourth-order valence-electron chi connectivity index (χ4n) is 5.29. The van der Waals surface area contributed by atoms with Crippen molar-refractivity contribution in [2.24, 2.45) is 0 Å². The normalized spacial score (nSPS) is 12.6. The van der Waals surface area contributed by atoms with Crippen molar-refractivity contribution in [1.29, 1.82) is 0 Å². The second-order valence-corrected chi connectivity index (χ2v) is 9.53. The predicted molar refractivity (Wildman–Crippen MR) is 150 cm³/mol. The standard InChI is InChI=1S/C31H31NO8/c1-17(33)40-30-26-19(12-25(37-5)28-23(26)14-32(2)31(28)34)11-22-27(30)24(36-4)13-20(29(22)38-6)16-39-15-18-7-9-21(35-3)10-8-18/h7-13H,14-16H2,1-6H3. The third-order valence-electron chi connectivity index (χ3n) is 7.07. The number of methoxy groups -OCH3 is 4. The van der Waals surface area contributed by atoms with E-state index in [9.17, 15) is 9.59 Å². The van der Waals surface area contributed by atoms with Gasteiger partial charge in [-0.15, -0.1) is 0 Å². The van der Waals surface area contributed by atoms with Crippen LogP contribution in [-0.4, -0.2) is 52.3 Å². The summed E-state index contributed by atoms with van der Waals surface area (Å²) in [4.78, 5) is 27.0. The molecule has 40 heavy (non-hydrogen) atoms. The maximum absolute atomic E-state index is 13.0. The summed E-state index contributed by atoms with van der Waals surface area (Å²) in [5.74, 6) is 1.93. The van der Waals surface area contributed by atoms with Crippen molar-refractivity contribution in [3.63, 3.8) is 0 Å². The maximum Gasteiger partial charge on any atom is 0.308 e. The van der Waals surface area contributed by atoms with Crippen LogP contribution in [0.25, 0.3) is 21.5 Å². The predicted octanol–water partition coefficient (Wildman–Crippen LogP) is 5.26. The van der Waals surface area contributed by atoms with E-state index in [1.54, 1.807) is 39.3 Å². The van der Waals surface area contributed by atoms with Crippen molar-refractivity contribution in [3.8, 4) is 28.7 Å². The molecule has 0 spiro atoms. The highest BCUT2D eigenvalue weighted by Crippen LogP contribution is 2.49. The van der Waals surface area contributed by atoms with Gasteiger partial charge in [0.1, 0.15) is 23.0 Å². The summed E-state index contributed by atoms with van der Waals surface area (Å²) in [6.07, 6.45) is 0. The van der Waals surface area contributed by atoms with Gasteiger partial charge in [-0.2, -0.15) is 0 Å². The molecule has 0 saturated carbocycles. The highest BCUT2D eigenvalue weighted by molar-refractivity contribution is 6.16. The lowest BCUT2D eigenvalue weighted by Gasteiger charge is -2.20. The van der Waals surface area contributed by atoms with Gasteiger partial charge in [0.15, 0.2) is 5.75 Å². The minimum atomic E-state index is -0.496. The number of carbonyl (C=O) groups is 2. The molecule has 9 heteroatoms. The van der Waals surface area contributed by atoms with Crippen LogP contribution in [0.4, 0.5) is 0 Å². The average Bonchev–Trinajstić information content (AvgIpc) is 3.25. The summed E-state index contributed by atoms with van der Waals surface area (Å²) in [7, 11) is 8.02. The van der Waals surface area contributed by atoms with Crippen LogP contribution in [0.2, 0.25) is 0 Å². The molecule has 0 saturated heterocycles. The third-order valence-corrected chi connectivity index (χ3v) is 7.07. The lowest BCUT2D eigenvalue weighted by Crippen LogP contribution is -2.17. The molecule has 1 aliphatic heterocycles. The number of benzene rings is 4. The zero-order chi connectivity index (χ0) is 28.6. The first kappa shape index (κ1) is 27.1. The van der Waals surface area contributed by atoms with Gasteiger partial charge in [-0.25, -0.2) is 0 Å². The zero-order valence-corrected chi connectivity index (χ0v) is 23.4. The molecule has 208 valence electrons. The van der Waals surface area contributed by atoms with Gasteiger partial charge >= 0.3 is 5.97 Å². The highest BCUT2D eigenvalue weighted by atomic mass is 16.5. The Morgan fingerprint density at radius 1 is 0.850 bits per heavy atom. The summed E-state index contributed by atoms with van der Waals surface area (Å²) < 4.78 is 34.5. The van der Waals surface area contributed by atoms with Crippen molar-refractivity contribution in [2.75, 3.05) is 35.5 Å². The molecule has 0 fully saturated rings. The van der Waals surface area contributed by atoms with Gasteiger partial charge in [-0.1, -0.05) is 12.1 Å². The second kappa shape index (κ2) is 10.9. The minimum absolute atomic E-state index is 0.156. The van der Waals surface area contributed by atoms with Crippen LogP contribution in [0.3, 0.4) is 0 Å². The Morgan fingerprint density at radius 3 is 2.20 bits per heavy atom. The van der Waals surface area contributed by atoms with Gasteiger partial charge in [0.25, 0.3) is 5.91 Å². The molecule has 0 unspecified atom stereocenters. The molecule has 0 aliphatic carbocycles. The van der Waals surface area contributed by atoms with Gasteiger partial charge in [-0.3, -0.25) is 9.59 Å². The molecule has 0 radical (unpaired) electrons. The Labute approximate surface area is 232 Å². The largest absolute Gasteiger partial charge is 0.497 e. The topological polar surface area (TPSA) is 92.8 Å². The van der Waals surface area contributed by atoms with Gasteiger partial charge < -0.3 is 33.3 Å². The van der Waals surface area contributed by atoms with Crippen molar-refractivity contribution in [1.82, 2.24) is 4.90 Å². The fourth-order valence-corrected chi connectivity index (χ4v) is 5.29. The number of carbonyl (C=O) groups excluding carboxylic acids is 2. The molecule has 1 aliphatic rings. The second-order valence-electron chi connectivity index (χ2n) is 9.53. The molecule has 4 aromatic rings. The summed E-state index contributed by atoms with van der Waals surface area (Å²) in [5, 5.41) is 2.63. The molecule has 0 bridgehead atoms. The number of ether oxygens (including phenoxy) is 6. The quantitative estimate of drug-likeness (QED) is 0.160. The molecule has 1 amide bonds. The summed E-state index contributed by atoms with van der Waals surface area (Å²) >= 11 is 0. The van der Waals surface area contributed by atoms with E-state index in [-0.39, 0.29) is 12.5 Å². The smallest absolute Gasteiger partial charge is 0.308 e.